The fraction of sp³-hybridized carbons (Fsp3) is 0.600. The van der Waals surface area contributed by atoms with Crippen molar-refractivity contribution in [3.8, 4) is 0 Å². The van der Waals surface area contributed by atoms with Gasteiger partial charge in [-0.3, -0.25) is 4.21 Å². The van der Waals surface area contributed by atoms with E-state index < -0.39 is 11.1 Å². The zero-order valence-corrected chi connectivity index (χ0v) is 10.2. The fourth-order valence-electron chi connectivity index (χ4n) is 1.47. The predicted molar refractivity (Wildman–Crippen MR) is 60.5 cm³/mol. The third-order valence-electron chi connectivity index (χ3n) is 2.15. The molecule has 0 aliphatic heterocycles. The van der Waals surface area contributed by atoms with E-state index in [4.69, 9.17) is 0 Å². The maximum atomic E-state index is 10.3. The molecule has 0 aliphatic carbocycles. The molecule has 0 aromatic carbocycles. The Labute approximate surface area is 91.6 Å². The molecule has 1 unspecified atom stereocenters. The van der Waals surface area contributed by atoms with Gasteiger partial charge in [-0.1, -0.05) is 11.1 Å². The van der Waals surface area contributed by atoms with Crippen LogP contribution in [-0.4, -0.2) is 14.5 Å². The average molecular weight is 231 g/mol. The highest BCUT2D eigenvalue weighted by molar-refractivity contribution is 7.79. The summed E-state index contributed by atoms with van der Waals surface area (Å²) >= 11 is -0.0591. The van der Waals surface area contributed by atoms with Gasteiger partial charge in [0.05, 0.1) is 0 Å². The Bertz CT molecular complexity index is 318. The smallest absolute Gasteiger partial charge is 0.0102 e. The maximum Gasteiger partial charge on any atom is 0.0102 e. The minimum absolute atomic E-state index is 0.294. The summed E-state index contributed by atoms with van der Waals surface area (Å²) in [5.41, 5.74) is 1.38. The molecule has 0 N–H and O–H groups in total. The van der Waals surface area contributed by atoms with Crippen LogP contribution in [0, 0.1) is 13.8 Å². The molecule has 0 spiro atoms. The van der Waals surface area contributed by atoms with E-state index >= 15 is 0 Å². The Kier molecular flexibility index (Phi) is 4.78. The second-order valence-corrected chi connectivity index (χ2v) is 5.88. The maximum absolute atomic E-state index is 10.3. The van der Waals surface area contributed by atoms with E-state index in [1.54, 1.807) is 0 Å². The van der Waals surface area contributed by atoms with Gasteiger partial charge in [0.15, 0.2) is 0 Å². The Hall–Kier alpha value is -0.190. The summed E-state index contributed by atoms with van der Waals surface area (Å²) in [6, 6.07) is 2.20. The number of unbranched alkanes of at least 4 members (excludes halogenated alkanes) is 1. The molecule has 1 atom stereocenters. The van der Waals surface area contributed by atoms with E-state index in [0.29, 0.717) is 5.75 Å². The van der Waals surface area contributed by atoms with E-state index in [2.05, 4.69) is 19.9 Å². The highest BCUT2D eigenvalue weighted by Crippen LogP contribution is 2.22. The normalized spacial score (nSPS) is 13.1. The number of aryl methyl sites for hydroxylation is 3. The Balaban J connectivity index is 2.31. The Morgan fingerprint density at radius 3 is 2.64 bits per heavy atom. The lowest BCUT2D eigenvalue weighted by Crippen LogP contribution is -1.96. The van der Waals surface area contributed by atoms with E-state index in [1.165, 1.54) is 15.3 Å². The fourth-order valence-corrected chi connectivity index (χ4v) is 2.88. The molecule has 4 heteroatoms. The van der Waals surface area contributed by atoms with Crippen LogP contribution in [0.4, 0.5) is 0 Å². The molecule has 0 radical (unpaired) electrons. The first-order valence-corrected chi connectivity index (χ1v) is 6.77. The van der Waals surface area contributed by atoms with E-state index in [-0.39, 0.29) is 0 Å². The SMILES string of the molecule is Cc1cc(CCCCS(=O)[O-])c(C)s1. The van der Waals surface area contributed by atoms with Crippen molar-refractivity contribution in [3.63, 3.8) is 0 Å². The summed E-state index contributed by atoms with van der Waals surface area (Å²) in [5.74, 6) is 0.294. The number of rotatable bonds is 5. The van der Waals surface area contributed by atoms with Gasteiger partial charge in [0.1, 0.15) is 0 Å². The molecule has 0 amide bonds. The van der Waals surface area contributed by atoms with Gasteiger partial charge >= 0.3 is 0 Å². The van der Waals surface area contributed by atoms with E-state index in [0.717, 1.165) is 19.3 Å². The summed E-state index contributed by atoms with van der Waals surface area (Å²) in [5, 5.41) is 0. The first-order chi connectivity index (χ1) is 6.59. The zero-order valence-electron chi connectivity index (χ0n) is 8.54. The highest BCUT2D eigenvalue weighted by atomic mass is 32.2. The standard InChI is InChI=1S/C10H16O2S2/c1-8-7-10(9(2)13-8)5-3-4-6-14(11)12/h7H,3-6H2,1-2H3,(H,11,12)/p-1. The molecular formula is C10H15O2S2-. The molecule has 1 aromatic heterocycles. The van der Waals surface area contributed by atoms with Crippen LogP contribution in [0.1, 0.15) is 28.2 Å². The molecule has 1 heterocycles. The second kappa shape index (κ2) is 5.63. The topological polar surface area (TPSA) is 40.1 Å². The van der Waals surface area contributed by atoms with Gasteiger partial charge in [-0.25, -0.2) is 0 Å². The number of hydrogen-bond donors (Lipinski definition) is 0. The monoisotopic (exact) mass is 231 g/mol. The molecule has 1 aromatic rings. The van der Waals surface area contributed by atoms with Crippen LogP contribution in [0.5, 0.6) is 0 Å². The highest BCUT2D eigenvalue weighted by Gasteiger charge is 2.01. The summed E-state index contributed by atoms with van der Waals surface area (Å²) in [6.07, 6.45) is 2.74. The summed E-state index contributed by atoms with van der Waals surface area (Å²) < 4.78 is 20.6. The first kappa shape index (κ1) is 11.9. The molecular weight excluding hydrogens is 216 g/mol. The van der Waals surface area contributed by atoms with Crippen molar-refractivity contribution in [3.05, 3.63) is 21.4 Å². The second-order valence-electron chi connectivity index (χ2n) is 3.40. The minimum Gasteiger partial charge on any atom is -0.772 e. The van der Waals surface area contributed by atoms with Crippen LogP contribution >= 0.6 is 11.3 Å². The summed E-state index contributed by atoms with van der Waals surface area (Å²) in [7, 11) is 0. The minimum atomic E-state index is -1.87. The molecule has 0 aliphatic rings. The van der Waals surface area contributed by atoms with Gasteiger partial charge in [-0.2, -0.15) is 0 Å². The van der Waals surface area contributed by atoms with Crippen molar-refractivity contribution in [2.45, 2.75) is 33.1 Å². The molecule has 1 rings (SSSR count). The van der Waals surface area contributed by atoms with Gasteiger partial charge < -0.3 is 4.55 Å². The van der Waals surface area contributed by atoms with Crippen molar-refractivity contribution in [1.82, 2.24) is 0 Å². The number of thiophene rings is 1. The van der Waals surface area contributed by atoms with Crippen LogP contribution in [0.25, 0.3) is 0 Å². The third kappa shape index (κ3) is 3.90. The van der Waals surface area contributed by atoms with Gasteiger partial charge in [-0.15, -0.1) is 11.3 Å². The Morgan fingerprint density at radius 1 is 1.43 bits per heavy atom. The van der Waals surface area contributed by atoms with Crippen LogP contribution in [0.15, 0.2) is 6.07 Å². The van der Waals surface area contributed by atoms with Crippen molar-refractivity contribution in [2.75, 3.05) is 5.75 Å². The number of hydrogen-bond acceptors (Lipinski definition) is 3. The average Bonchev–Trinajstić information content (AvgIpc) is 2.39. The van der Waals surface area contributed by atoms with E-state index in [1.807, 2.05) is 11.3 Å². The lowest BCUT2D eigenvalue weighted by Gasteiger charge is -2.03. The molecule has 0 bridgehead atoms. The summed E-state index contributed by atoms with van der Waals surface area (Å²) in [6.45, 7) is 4.23. The van der Waals surface area contributed by atoms with Gasteiger partial charge in [-0.05, 0) is 44.7 Å². The molecule has 0 saturated carbocycles. The van der Waals surface area contributed by atoms with Crippen LogP contribution in [-0.2, 0) is 17.5 Å². The third-order valence-corrected chi connectivity index (χ3v) is 3.78. The molecule has 14 heavy (non-hydrogen) atoms. The van der Waals surface area contributed by atoms with E-state index in [9.17, 15) is 8.76 Å². The lowest BCUT2D eigenvalue weighted by molar-refractivity contribution is 0.533. The molecule has 2 nitrogen and oxygen atoms in total. The van der Waals surface area contributed by atoms with Crippen LogP contribution in [0.3, 0.4) is 0 Å². The molecule has 80 valence electrons. The predicted octanol–water partition coefficient (Wildman–Crippen LogP) is 2.57. The van der Waals surface area contributed by atoms with Crippen molar-refractivity contribution >= 4 is 22.4 Å². The van der Waals surface area contributed by atoms with Crippen molar-refractivity contribution in [2.24, 2.45) is 0 Å². The van der Waals surface area contributed by atoms with Crippen LogP contribution < -0.4 is 0 Å². The molecule has 0 fully saturated rings. The zero-order chi connectivity index (χ0) is 10.6. The van der Waals surface area contributed by atoms with Crippen molar-refractivity contribution in [1.29, 1.82) is 0 Å². The Morgan fingerprint density at radius 2 is 2.14 bits per heavy atom. The molecule has 0 saturated heterocycles. The largest absolute Gasteiger partial charge is 0.772 e. The van der Waals surface area contributed by atoms with Gasteiger partial charge in [0.25, 0.3) is 0 Å². The van der Waals surface area contributed by atoms with Crippen LogP contribution in [0.2, 0.25) is 0 Å². The lowest BCUT2D eigenvalue weighted by atomic mass is 10.1. The van der Waals surface area contributed by atoms with Gasteiger partial charge in [0.2, 0.25) is 0 Å². The summed E-state index contributed by atoms with van der Waals surface area (Å²) in [4.78, 5) is 2.70. The van der Waals surface area contributed by atoms with Gasteiger partial charge in [0, 0.05) is 15.5 Å². The first-order valence-electron chi connectivity index (χ1n) is 4.71. The van der Waals surface area contributed by atoms with Crippen molar-refractivity contribution < 1.29 is 8.76 Å². The quantitative estimate of drug-likeness (QED) is 0.577.